The van der Waals surface area contributed by atoms with Crippen LogP contribution >= 0.6 is 0 Å². The molecule has 0 saturated heterocycles. The van der Waals surface area contributed by atoms with Crippen LogP contribution in [-0.2, 0) is 6.42 Å². The van der Waals surface area contributed by atoms with Gasteiger partial charge in [0.25, 0.3) is 0 Å². The number of methoxy groups -OCH3 is 1. The van der Waals surface area contributed by atoms with E-state index in [-0.39, 0.29) is 0 Å². The number of nitrogens with one attached hydrogen (secondary N) is 1. The van der Waals surface area contributed by atoms with E-state index in [0.717, 1.165) is 18.2 Å². The van der Waals surface area contributed by atoms with Crippen molar-refractivity contribution < 1.29 is 4.74 Å². The van der Waals surface area contributed by atoms with E-state index < -0.39 is 0 Å². The van der Waals surface area contributed by atoms with Gasteiger partial charge in [0.15, 0.2) is 0 Å². The molecule has 1 aromatic rings. The summed E-state index contributed by atoms with van der Waals surface area (Å²) in [5.41, 5.74) is 2.61. The summed E-state index contributed by atoms with van der Waals surface area (Å²) in [6.45, 7) is 4.38. The monoisotopic (exact) mass is 219 g/mol. The van der Waals surface area contributed by atoms with Crippen molar-refractivity contribution in [2.75, 3.05) is 7.11 Å². The van der Waals surface area contributed by atoms with E-state index in [0.29, 0.717) is 6.04 Å². The molecule has 0 spiro atoms. The molecule has 2 heteroatoms. The van der Waals surface area contributed by atoms with Gasteiger partial charge < -0.3 is 10.1 Å². The largest absolute Gasteiger partial charge is 0.496 e. The van der Waals surface area contributed by atoms with Gasteiger partial charge in [-0.05, 0) is 44.7 Å². The standard InChI is InChI=1S/C14H21NO/c1-10-4-7-14(16-3)12(8-10)9-11(2)15-13-5-6-13/h4,7-8,11,13,15H,5-6,9H2,1-3H3. The fourth-order valence-corrected chi connectivity index (χ4v) is 2.11. The van der Waals surface area contributed by atoms with Crippen LogP contribution in [0.25, 0.3) is 0 Å². The topological polar surface area (TPSA) is 21.3 Å². The van der Waals surface area contributed by atoms with Gasteiger partial charge in [-0.2, -0.15) is 0 Å². The normalized spacial score (nSPS) is 17.2. The molecule has 0 heterocycles. The van der Waals surface area contributed by atoms with Crippen LogP contribution in [0.15, 0.2) is 18.2 Å². The summed E-state index contributed by atoms with van der Waals surface area (Å²) in [4.78, 5) is 0. The van der Waals surface area contributed by atoms with Crippen molar-refractivity contribution in [2.45, 2.75) is 45.2 Å². The molecule has 1 N–H and O–H groups in total. The summed E-state index contributed by atoms with van der Waals surface area (Å²) in [7, 11) is 1.74. The zero-order chi connectivity index (χ0) is 11.5. The maximum Gasteiger partial charge on any atom is 0.122 e. The van der Waals surface area contributed by atoms with Crippen molar-refractivity contribution in [3.63, 3.8) is 0 Å². The predicted octanol–water partition coefficient (Wildman–Crippen LogP) is 2.69. The molecule has 1 fully saturated rings. The van der Waals surface area contributed by atoms with Gasteiger partial charge in [-0.25, -0.2) is 0 Å². The van der Waals surface area contributed by atoms with Crippen LogP contribution < -0.4 is 10.1 Å². The van der Waals surface area contributed by atoms with Gasteiger partial charge in [-0.15, -0.1) is 0 Å². The van der Waals surface area contributed by atoms with Crippen molar-refractivity contribution in [1.29, 1.82) is 0 Å². The van der Waals surface area contributed by atoms with Gasteiger partial charge in [0.1, 0.15) is 5.75 Å². The average Bonchev–Trinajstić information content (AvgIpc) is 3.02. The number of rotatable bonds is 5. The van der Waals surface area contributed by atoms with Crippen molar-refractivity contribution >= 4 is 0 Å². The molecule has 16 heavy (non-hydrogen) atoms. The Morgan fingerprint density at radius 1 is 1.44 bits per heavy atom. The first-order valence-corrected chi connectivity index (χ1v) is 6.08. The summed E-state index contributed by atoms with van der Waals surface area (Å²) in [6, 6.07) is 7.69. The van der Waals surface area contributed by atoms with Gasteiger partial charge >= 0.3 is 0 Å². The quantitative estimate of drug-likeness (QED) is 0.822. The molecular weight excluding hydrogens is 198 g/mol. The summed E-state index contributed by atoms with van der Waals surface area (Å²) >= 11 is 0. The molecule has 1 saturated carbocycles. The van der Waals surface area contributed by atoms with Crippen LogP contribution in [0.1, 0.15) is 30.9 Å². The van der Waals surface area contributed by atoms with Crippen LogP contribution in [-0.4, -0.2) is 19.2 Å². The fourth-order valence-electron chi connectivity index (χ4n) is 2.11. The maximum absolute atomic E-state index is 5.39. The Labute approximate surface area is 98.0 Å². The van der Waals surface area contributed by atoms with Crippen LogP contribution in [0.3, 0.4) is 0 Å². The van der Waals surface area contributed by atoms with Crippen molar-refractivity contribution in [1.82, 2.24) is 5.32 Å². The van der Waals surface area contributed by atoms with E-state index in [1.54, 1.807) is 7.11 Å². The summed E-state index contributed by atoms with van der Waals surface area (Å²) < 4.78 is 5.39. The molecule has 0 radical (unpaired) electrons. The highest BCUT2D eigenvalue weighted by Gasteiger charge is 2.23. The summed E-state index contributed by atoms with van der Waals surface area (Å²) in [5, 5.41) is 3.62. The predicted molar refractivity (Wildman–Crippen MR) is 67.1 cm³/mol. The number of hydrogen-bond donors (Lipinski definition) is 1. The van der Waals surface area contributed by atoms with Gasteiger partial charge in [-0.3, -0.25) is 0 Å². The van der Waals surface area contributed by atoms with Crippen molar-refractivity contribution in [2.24, 2.45) is 0 Å². The average molecular weight is 219 g/mol. The molecular formula is C14H21NO. The lowest BCUT2D eigenvalue weighted by molar-refractivity contribution is 0.405. The highest BCUT2D eigenvalue weighted by Crippen LogP contribution is 2.23. The van der Waals surface area contributed by atoms with Gasteiger partial charge in [0.2, 0.25) is 0 Å². The molecule has 1 aliphatic rings. The SMILES string of the molecule is COc1ccc(C)cc1CC(C)NC1CC1. The zero-order valence-corrected chi connectivity index (χ0v) is 10.4. The van der Waals surface area contributed by atoms with Crippen molar-refractivity contribution in [3.05, 3.63) is 29.3 Å². The third-order valence-electron chi connectivity index (χ3n) is 3.06. The van der Waals surface area contributed by atoms with E-state index in [4.69, 9.17) is 4.74 Å². The zero-order valence-electron chi connectivity index (χ0n) is 10.4. The Kier molecular flexibility index (Phi) is 3.49. The molecule has 2 rings (SSSR count). The first-order valence-electron chi connectivity index (χ1n) is 6.08. The highest BCUT2D eigenvalue weighted by molar-refractivity contribution is 5.37. The van der Waals surface area contributed by atoms with E-state index in [1.807, 2.05) is 0 Å². The first-order chi connectivity index (χ1) is 7.69. The number of aryl methyl sites for hydroxylation is 1. The van der Waals surface area contributed by atoms with Gasteiger partial charge in [0, 0.05) is 12.1 Å². The molecule has 1 aliphatic carbocycles. The second kappa shape index (κ2) is 4.88. The van der Waals surface area contributed by atoms with E-state index in [1.165, 1.54) is 24.0 Å². The highest BCUT2D eigenvalue weighted by atomic mass is 16.5. The van der Waals surface area contributed by atoms with Crippen LogP contribution in [0.2, 0.25) is 0 Å². The Hall–Kier alpha value is -1.02. The Bertz CT molecular complexity index is 358. The number of ether oxygens (including phenoxy) is 1. The van der Waals surface area contributed by atoms with Crippen LogP contribution in [0.4, 0.5) is 0 Å². The molecule has 0 aromatic heterocycles. The molecule has 0 aliphatic heterocycles. The van der Waals surface area contributed by atoms with E-state index in [9.17, 15) is 0 Å². The van der Waals surface area contributed by atoms with Gasteiger partial charge in [-0.1, -0.05) is 17.7 Å². The summed E-state index contributed by atoms with van der Waals surface area (Å²) in [6.07, 6.45) is 3.73. The molecule has 88 valence electrons. The minimum absolute atomic E-state index is 0.531. The Balaban J connectivity index is 2.02. The molecule has 0 bridgehead atoms. The second-order valence-corrected chi connectivity index (χ2v) is 4.86. The molecule has 1 aromatic carbocycles. The third-order valence-corrected chi connectivity index (χ3v) is 3.06. The fraction of sp³-hybridized carbons (Fsp3) is 0.571. The van der Waals surface area contributed by atoms with Gasteiger partial charge in [0.05, 0.1) is 7.11 Å². The Morgan fingerprint density at radius 3 is 2.81 bits per heavy atom. The lowest BCUT2D eigenvalue weighted by atomic mass is 10.0. The number of benzene rings is 1. The Morgan fingerprint density at radius 2 is 2.19 bits per heavy atom. The molecule has 2 nitrogen and oxygen atoms in total. The summed E-state index contributed by atoms with van der Waals surface area (Å²) in [5.74, 6) is 1.01. The number of hydrogen-bond acceptors (Lipinski definition) is 2. The molecule has 1 atom stereocenters. The third kappa shape index (κ3) is 2.99. The maximum atomic E-state index is 5.39. The van der Waals surface area contributed by atoms with Crippen LogP contribution in [0.5, 0.6) is 5.75 Å². The lowest BCUT2D eigenvalue weighted by Gasteiger charge is -2.16. The smallest absolute Gasteiger partial charge is 0.122 e. The van der Waals surface area contributed by atoms with Crippen molar-refractivity contribution in [3.8, 4) is 5.75 Å². The van der Waals surface area contributed by atoms with Crippen LogP contribution in [0, 0.1) is 6.92 Å². The molecule has 1 unspecified atom stereocenters. The first kappa shape index (κ1) is 11.5. The van der Waals surface area contributed by atoms with E-state index >= 15 is 0 Å². The molecule has 0 amide bonds. The second-order valence-electron chi connectivity index (χ2n) is 4.86. The minimum atomic E-state index is 0.531. The minimum Gasteiger partial charge on any atom is -0.496 e. The van der Waals surface area contributed by atoms with E-state index in [2.05, 4.69) is 37.4 Å². The lowest BCUT2D eigenvalue weighted by Crippen LogP contribution is -2.30.